The molecule has 1 saturated carbocycles. The third kappa shape index (κ3) is 6.73. The molecule has 0 bridgehead atoms. The lowest BCUT2D eigenvalue weighted by Gasteiger charge is -2.38. The summed E-state index contributed by atoms with van der Waals surface area (Å²) in [6.45, 7) is 3.96. The van der Waals surface area contributed by atoms with E-state index in [1.807, 2.05) is 4.90 Å². The highest BCUT2D eigenvalue weighted by molar-refractivity contribution is 7.91. The van der Waals surface area contributed by atoms with Gasteiger partial charge in [-0.3, -0.25) is 9.47 Å². The molecular formula is C27H35ClF2N6O4S. The summed E-state index contributed by atoms with van der Waals surface area (Å²) in [5, 5.41) is 0. The van der Waals surface area contributed by atoms with Crippen molar-refractivity contribution in [3.8, 4) is 11.7 Å². The van der Waals surface area contributed by atoms with Gasteiger partial charge in [-0.15, -0.1) is 12.4 Å². The number of para-hydroxylation sites is 2. The van der Waals surface area contributed by atoms with Gasteiger partial charge in [0.25, 0.3) is 6.43 Å². The zero-order valence-electron chi connectivity index (χ0n) is 22.7. The van der Waals surface area contributed by atoms with Gasteiger partial charge in [0, 0.05) is 38.3 Å². The average molecular weight is 613 g/mol. The zero-order chi connectivity index (χ0) is 27.7. The molecule has 2 aliphatic heterocycles. The summed E-state index contributed by atoms with van der Waals surface area (Å²) in [6, 6.07) is 9.04. The quantitative estimate of drug-likeness (QED) is 0.395. The van der Waals surface area contributed by atoms with Gasteiger partial charge in [-0.25, -0.2) is 22.2 Å². The Kier molecular flexibility index (Phi) is 9.27. The Hall–Kier alpha value is -2.61. The molecule has 0 unspecified atom stereocenters. The van der Waals surface area contributed by atoms with Gasteiger partial charge in [0.1, 0.15) is 5.82 Å². The van der Waals surface area contributed by atoms with E-state index in [2.05, 4.69) is 19.9 Å². The number of sulfone groups is 1. The van der Waals surface area contributed by atoms with Crippen molar-refractivity contribution in [1.29, 1.82) is 0 Å². The SMILES string of the molecule is Cl.O=S1(=O)CCN(C2CCC(COc3cc(-n4c(C(F)F)nc5ccccc54)nc(N4CCOCC4)n3)CC2)CC1. The van der Waals surface area contributed by atoms with Crippen LogP contribution in [0.3, 0.4) is 0 Å². The largest absolute Gasteiger partial charge is 0.477 e. The number of imidazole rings is 1. The summed E-state index contributed by atoms with van der Waals surface area (Å²) in [6.07, 6.45) is 1.17. The molecule has 4 heterocycles. The van der Waals surface area contributed by atoms with E-state index in [0.29, 0.717) is 86.6 Å². The normalized spacial score (nSPS) is 23.4. The van der Waals surface area contributed by atoms with Crippen LogP contribution in [0.5, 0.6) is 5.88 Å². The van der Waals surface area contributed by atoms with E-state index in [1.165, 1.54) is 4.57 Å². The van der Waals surface area contributed by atoms with Crippen LogP contribution in [0.25, 0.3) is 16.9 Å². The number of fused-ring (bicyclic) bond motifs is 1. The van der Waals surface area contributed by atoms with E-state index in [0.717, 1.165) is 25.7 Å². The molecular weight excluding hydrogens is 578 g/mol. The van der Waals surface area contributed by atoms with Crippen molar-refractivity contribution < 1.29 is 26.7 Å². The van der Waals surface area contributed by atoms with E-state index in [4.69, 9.17) is 9.47 Å². The van der Waals surface area contributed by atoms with Gasteiger partial charge in [0.2, 0.25) is 11.8 Å². The highest BCUT2D eigenvalue weighted by atomic mass is 35.5. The number of hydrogen-bond acceptors (Lipinski definition) is 9. The molecule has 2 aromatic heterocycles. The number of anilines is 1. The number of halogens is 3. The number of rotatable bonds is 7. The first-order valence-corrected chi connectivity index (χ1v) is 15.7. The highest BCUT2D eigenvalue weighted by Gasteiger charge is 2.31. The van der Waals surface area contributed by atoms with Crippen molar-refractivity contribution >= 4 is 39.2 Å². The zero-order valence-corrected chi connectivity index (χ0v) is 24.3. The van der Waals surface area contributed by atoms with Crippen LogP contribution in [0, 0.1) is 5.92 Å². The molecule has 0 N–H and O–H groups in total. The second kappa shape index (κ2) is 12.7. The van der Waals surface area contributed by atoms with Gasteiger partial charge in [-0.1, -0.05) is 12.1 Å². The van der Waals surface area contributed by atoms with Crippen LogP contribution < -0.4 is 9.64 Å². The maximum absolute atomic E-state index is 14.1. The Balaban J connectivity index is 0.00000337. The Labute approximate surface area is 244 Å². The first-order valence-electron chi connectivity index (χ1n) is 13.9. The number of nitrogens with zero attached hydrogens (tertiary/aromatic N) is 6. The molecule has 224 valence electrons. The minimum absolute atomic E-state index is 0. The minimum Gasteiger partial charge on any atom is -0.477 e. The van der Waals surface area contributed by atoms with Gasteiger partial charge in [-0.05, 0) is 43.7 Å². The number of alkyl halides is 2. The molecule has 0 atom stereocenters. The third-order valence-electron chi connectivity index (χ3n) is 8.16. The molecule has 2 saturated heterocycles. The fourth-order valence-corrected chi connectivity index (χ4v) is 7.13. The van der Waals surface area contributed by atoms with Crippen LogP contribution >= 0.6 is 12.4 Å². The fraction of sp³-hybridized carbons (Fsp3) is 0.593. The lowest BCUT2D eigenvalue weighted by atomic mass is 9.86. The molecule has 0 amide bonds. The van der Waals surface area contributed by atoms with Crippen molar-refractivity contribution in [1.82, 2.24) is 24.4 Å². The molecule has 1 aliphatic carbocycles. The molecule has 10 nitrogen and oxygen atoms in total. The first kappa shape index (κ1) is 29.9. The van der Waals surface area contributed by atoms with Crippen molar-refractivity contribution in [3.63, 3.8) is 0 Å². The van der Waals surface area contributed by atoms with Crippen LogP contribution in [0.2, 0.25) is 0 Å². The number of benzene rings is 1. The number of ether oxygens (including phenoxy) is 2. The molecule has 0 spiro atoms. The first-order chi connectivity index (χ1) is 19.4. The van der Waals surface area contributed by atoms with Crippen LogP contribution in [0.15, 0.2) is 30.3 Å². The average Bonchev–Trinajstić information content (AvgIpc) is 3.37. The maximum atomic E-state index is 14.1. The summed E-state index contributed by atoms with van der Waals surface area (Å²) in [5.41, 5.74) is 1.01. The van der Waals surface area contributed by atoms with Crippen LogP contribution in [0.4, 0.5) is 14.7 Å². The summed E-state index contributed by atoms with van der Waals surface area (Å²) in [4.78, 5) is 17.8. The lowest BCUT2D eigenvalue weighted by Crippen LogP contribution is -2.47. The topological polar surface area (TPSA) is 103 Å². The summed E-state index contributed by atoms with van der Waals surface area (Å²) < 4.78 is 64.8. The van der Waals surface area contributed by atoms with Crippen molar-refractivity contribution in [2.75, 3.05) is 62.4 Å². The van der Waals surface area contributed by atoms with Crippen molar-refractivity contribution in [2.24, 2.45) is 5.92 Å². The predicted molar refractivity (Wildman–Crippen MR) is 153 cm³/mol. The minimum atomic E-state index is -2.89. The van der Waals surface area contributed by atoms with E-state index in [1.54, 1.807) is 30.3 Å². The van der Waals surface area contributed by atoms with Gasteiger partial charge >= 0.3 is 0 Å². The smallest absolute Gasteiger partial charge is 0.296 e. The summed E-state index contributed by atoms with van der Waals surface area (Å²) in [5.74, 6) is 1.50. The Morgan fingerprint density at radius 2 is 1.68 bits per heavy atom. The van der Waals surface area contributed by atoms with E-state index in [-0.39, 0.29) is 29.7 Å². The van der Waals surface area contributed by atoms with Gasteiger partial charge in [-0.2, -0.15) is 9.97 Å². The maximum Gasteiger partial charge on any atom is 0.296 e. The Morgan fingerprint density at radius 3 is 2.39 bits per heavy atom. The molecule has 6 rings (SSSR count). The van der Waals surface area contributed by atoms with E-state index >= 15 is 0 Å². The third-order valence-corrected chi connectivity index (χ3v) is 9.77. The Bertz CT molecular complexity index is 1430. The molecule has 3 aromatic rings. The van der Waals surface area contributed by atoms with E-state index < -0.39 is 16.3 Å². The molecule has 0 radical (unpaired) electrons. The molecule has 41 heavy (non-hydrogen) atoms. The predicted octanol–water partition coefficient (Wildman–Crippen LogP) is 3.68. The van der Waals surface area contributed by atoms with Gasteiger partial charge in [0.15, 0.2) is 15.7 Å². The molecule has 3 aliphatic rings. The number of aromatic nitrogens is 4. The van der Waals surface area contributed by atoms with Crippen LogP contribution in [-0.2, 0) is 14.6 Å². The van der Waals surface area contributed by atoms with Crippen molar-refractivity contribution in [3.05, 3.63) is 36.2 Å². The number of morpholine rings is 1. The monoisotopic (exact) mass is 612 g/mol. The van der Waals surface area contributed by atoms with Crippen LogP contribution in [-0.4, -0.2) is 96.4 Å². The lowest BCUT2D eigenvalue weighted by molar-refractivity contribution is 0.120. The Morgan fingerprint density at radius 1 is 0.976 bits per heavy atom. The standard InChI is InChI=1S/C27H34F2N6O4S.ClH/c28-25(29)26-30-21-3-1-2-4-22(21)35(26)23-17-24(32-27(31-23)34-9-13-38-14-10-34)39-18-19-5-7-20(8-6-19)33-11-15-40(36,37)16-12-33;/h1-4,17,19-20,25H,5-16,18H2;1H. The highest BCUT2D eigenvalue weighted by Crippen LogP contribution is 2.31. The van der Waals surface area contributed by atoms with Gasteiger partial charge in [0.05, 0.1) is 42.4 Å². The summed E-state index contributed by atoms with van der Waals surface area (Å²) in [7, 11) is -2.89. The second-order valence-corrected chi connectivity index (χ2v) is 13.0. The molecule has 3 fully saturated rings. The molecule has 14 heteroatoms. The van der Waals surface area contributed by atoms with Crippen LogP contribution in [0.1, 0.15) is 37.9 Å². The van der Waals surface area contributed by atoms with Gasteiger partial charge < -0.3 is 14.4 Å². The number of hydrogen-bond donors (Lipinski definition) is 0. The second-order valence-electron chi connectivity index (χ2n) is 10.7. The summed E-state index contributed by atoms with van der Waals surface area (Å²) >= 11 is 0. The van der Waals surface area contributed by atoms with Crippen molar-refractivity contribution in [2.45, 2.75) is 38.2 Å². The fourth-order valence-electron chi connectivity index (χ4n) is 5.90. The van der Waals surface area contributed by atoms with E-state index in [9.17, 15) is 17.2 Å². The molecule has 1 aromatic carbocycles.